The molecular weight excluding hydrogens is 354 g/mol. The number of urea groups is 1. The molecule has 2 rings (SSSR count). The van der Waals surface area contributed by atoms with E-state index in [1.807, 2.05) is 6.92 Å². The number of amides is 4. The Morgan fingerprint density at radius 2 is 1.81 bits per heavy atom. The first-order chi connectivity index (χ1) is 12.9. The second-order valence-electron chi connectivity index (χ2n) is 6.19. The molecule has 1 heterocycles. The molecule has 1 aliphatic rings. The molecule has 0 saturated carbocycles. The highest BCUT2D eigenvalue weighted by Crippen LogP contribution is 2.24. The van der Waals surface area contributed by atoms with Gasteiger partial charge in [-0.15, -0.1) is 0 Å². The number of nitrogens with one attached hydrogen (secondary N) is 1. The van der Waals surface area contributed by atoms with Crippen molar-refractivity contribution < 1.29 is 28.6 Å². The second-order valence-corrected chi connectivity index (χ2v) is 6.19. The summed E-state index contributed by atoms with van der Waals surface area (Å²) in [6, 6.07) is 4.52. The van der Waals surface area contributed by atoms with Gasteiger partial charge in [0.25, 0.3) is 5.91 Å². The molecule has 1 aromatic carbocycles. The van der Waals surface area contributed by atoms with Crippen molar-refractivity contribution in [3.05, 3.63) is 23.8 Å². The maximum absolute atomic E-state index is 12.9. The third kappa shape index (κ3) is 5.10. The van der Waals surface area contributed by atoms with E-state index in [1.165, 1.54) is 0 Å². The van der Waals surface area contributed by atoms with E-state index in [9.17, 15) is 14.4 Å². The molecule has 1 N–H and O–H groups in total. The van der Waals surface area contributed by atoms with Crippen molar-refractivity contribution in [2.24, 2.45) is 0 Å². The Hall–Kier alpha value is -2.81. The van der Waals surface area contributed by atoms with Gasteiger partial charge in [-0.2, -0.15) is 0 Å². The molecule has 0 spiro atoms. The minimum atomic E-state index is -0.559. The summed E-state index contributed by atoms with van der Waals surface area (Å²) >= 11 is 0. The molecule has 0 aliphatic carbocycles. The Balaban J connectivity index is 2.22. The quantitative estimate of drug-likeness (QED) is 0.632. The van der Waals surface area contributed by atoms with Crippen LogP contribution in [0.3, 0.4) is 0 Å². The Bertz CT molecular complexity index is 670. The van der Waals surface area contributed by atoms with Gasteiger partial charge in [-0.3, -0.25) is 14.5 Å². The van der Waals surface area contributed by atoms with E-state index >= 15 is 0 Å². The van der Waals surface area contributed by atoms with Gasteiger partial charge < -0.3 is 24.4 Å². The first kappa shape index (κ1) is 20.5. The van der Waals surface area contributed by atoms with Crippen LogP contribution in [-0.4, -0.2) is 74.7 Å². The monoisotopic (exact) mass is 379 g/mol. The van der Waals surface area contributed by atoms with E-state index in [0.29, 0.717) is 18.1 Å². The van der Waals surface area contributed by atoms with E-state index in [-0.39, 0.29) is 31.6 Å². The molecule has 148 valence electrons. The lowest BCUT2D eigenvalue weighted by Crippen LogP contribution is -2.47. The Morgan fingerprint density at radius 3 is 2.30 bits per heavy atom. The van der Waals surface area contributed by atoms with Crippen LogP contribution in [-0.2, 0) is 20.9 Å². The van der Waals surface area contributed by atoms with Crippen LogP contribution in [0.25, 0.3) is 0 Å². The lowest BCUT2D eigenvalue weighted by molar-refractivity contribution is -0.139. The molecule has 1 fully saturated rings. The number of carbonyl (C=O) groups excluding carboxylic acids is 3. The largest absolute Gasteiger partial charge is 0.497 e. The van der Waals surface area contributed by atoms with Gasteiger partial charge in [0.05, 0.1) is 33.4 Å². The van der Waals surface area contributed by atoms with Crippen molar-refractivity contribution in [2.75, 3.05) is 41.0 Å². The topological polar surface area (TPSA) is 97.4 Å². The van der Waals surface area contributed by atoms with Gasteiger partial charge in [-0.1, -0.05) is 0 Å². The number of hydrogen-bond donors (Lipinski definition) is 1. The average molecular weight is 379 g/mol. The van der Waals surface area contributed by atoms with Gasteiger partial charge in [-0.05, 0) is 24.6 Å². The van der Waals surface area contributed by atoms with Gasteiger partial charge in [0.15, 0.2) is 0 Å². The Labute approximate surface area is 158 Å². The summed E-state index contributed by atoms with van der Waals surface area (Å²) in [5.74, 6) is 0.429. The first-order valence-electron chi connectivity index (χ1n) is 8.48. The molecule has 1 aromatic rings. The average Bonchev–Trinajstić information content (AvgIpc) is 2.97. The van der Waals surface area contributed by atoms with Crippen molar-refractivity contribution in [2.45, 2.75) is 19.5 Å². The zero-order valence-corrected chi connectivity index (χ0v) is 16.0. The molecule has 1 aliphatic heterocycles. The van der Waals surface area contributed by atoms with Gasteiger partial charge in [0.2, 0.25) is 5.91 Å². The van der Waals surface area contributed by atoms with Crippen LogP contribution in [0, 0.1) is 0 Å². The zero-order valence-electron chi connectivity index (χ0n) is 16.0. The molecule has 9 nitrogen and oxygen atoms in total. The number of rotatable bonds is 9. The van der Waals surface area contributed by atoms with E-state index in [2.05, 4.69) is 5.32 Å². The number of carbonyl (C=O) groups is 3. The summed E-state index contributed by atoms with van der Waals surface area (Å²) in [7, 11) is 4.64. The van der Waals surface area contributed by atoms with Crippen LogP contribution in [0.1, 0.15) is 12.5 Å². The normalized spacial score (nSPS) is 14.7. The summed E-state index contributed by atoms with van der Waals surface area (Å²) in [4.78, 5) is 38.8. The lowest BCUT2D eigenvalue weighted by Gasteiger charge is -2.30. The van der Waals surface area contributed by atoms with Crippen LogP contribution < -0.4 is 14.8 Å². The lowest BCUT2D eigenvalue weighted by atomic mass is 10.1. The highest BCUT2D eigenvalue weighted by molar-refractivity contribution is 6.04. The third-order valence-corrected chi connectivity index (χ3v) is 4.25. The fourth-order valence-electron chi connectivity index (χ4n) is 2.82. The maximum atomic E-state index is 12.9. The number of methoxy groups -OCH3 is 3. The molecule has 0 radical (unpaired) electrons. The fourth-order valence-corrected chi connectivity index (χ4v) is 2.82. The van der Waals surface area contributed by atoms with Crippen LogP contribution in [0.15, 0.2) is 18.2 Å². The van der Waals surface area contributed by atoms with Crippen LogP contribution in [0.4, 0.5) is 4.79 Å². The van der Waals surface area contributed by atoms with Crippen LogP contribution in [0.2, 0.25) is 0 Å². The Kier molecular flexibility index (Phi) is 7.00. The van der Waals surface area contributed by atoms with Crippen molar-refractivity contribution in [1.29, 1.82) is 0 Å². The number of imide groups is 1. The highest BCUT2D eigenvalue weighted by atomic mass is 16.5. The number of nitrogens with zero attached hydrogens (tertiary/aromatic N) is 2. The van der Waals surface area contributed by atoms with Gasteiger partial charge in [0.1, 0.15) is 18.0 Å². The number of benzene rings is 1. The van der Waals surface area contributed by atoms with E-state index in [0.717, 1.165) is 10.5 Å². The SMILES string of the molecule is COC[C@H](C)N(Cc1cc(OC)cc(OC)c1)C(=O)CN1C(=O)CNC1=O. The maximum Gasteiger partial charge on any atom is 0.325 e. The molecule has 1 saturated heterocycles. The number of ether oxygens (including phenoxy) is 3. The van der Waals surface area contributed by atoms with Gasteiger partial charge >= 0.3 is 6.03 Å². The molecule has 0 aromatic heterocycles. The summed E-state index contributed by atoms with van der Waals surface area (Å²) in [6.07, 6.45) is 0. The van der Waals surface area contributed by atoms with Crippen molar-refractivity contribution >= 4 is 17.8 Å². The van der Waals surface area contributed by atoms with Gasteiger partial charge in [0, 0.05) is 19.7 Å². The molecule has 1 atom stereocenters. The van der Waals surface area contributed by atoms with E-state index in [4.69, 9.17) is 14.2 Å². The summed E-state index contributed by atoms with van der Waals surface area (Å²) in [5.41, 5.74) is 0.791. The highest BCUT2D eigenvalue weighted by Gasteiger charge is 2.32. The second kappa shape index (κ2) is 9.22. The van der Waals surface area contributed by atoms with E-state index in [1.54, 1.807) is 44.4 Å². The fraction of sp³-hybridized carbons (Fsp3) is 0.500. The van der Waals surface area contributed by atoms with E-state index < -0.39 is 11.9 Å². The van der Waals surface area contributed by atoms with Crippen LogP contribution >= 0.6 is 0 Å². The molecular formula is C18H25N3O6. The predicted molar refractivity (Wildman–Crippen MR) is 96.5 cm³/mol. The molecule has 9 heteroatoms. The molecule has 4 amide bonds. The minimum absolute atomic E-state index is 0.0905. The predicted octanol–water partition coefficient (Wildman–Crippen LogP) is 0.619. The zero-order chi connectivity index (χ0) is 20.0. The van der Waals surface area contributed by atoms with Crippen molar-refractivity contribution in [3.63, 3.8) is 0 Å². The summed E-state index contributed by atoms with van der Waals surface area (Å²) in [6.45, 7) is 1.99. The third-order valence-electron chi connectivity index (χ3n) is 4.25. The molecule has 0 unspecified atom stereocenters. The standard InChI is InChI=1S/C18H25N3O6/c1-12(11-25-2)20(17(23)10-21-16(22)8-19-18(21)24)9-13-5-14(26-3)7-15(6-13)27-4/h5-7,12H,8-11H2,1-4H3,(H,19,24)/t12-/m0/s1. The Morgan fingerprint density at radius 1 is 1.19 bits per heavy atom. The summed E-state index contributed by atoms with van der Waals surface area (Å²) in [5, 5.41) is 2.41. The minimum Gasteiger partial charge on any atom is -0.497 e. The van der Waals surface area contributed by atoms with Crippen molar-refractivity contribution in [1.82, 2.24) is 15.1 Å². The van der Waals surface area contributed by atoms with Crippen molar-refractivity contribution in [3.8, 4) is 11.5 Å². The van der Waals surface area contributed by atoms with Gasteiger partial charge in [-0.25, -0.2) is 4.79 Å². The summed E-state index contributed by atoms with van der Waals surface area (Å²) < 4.78 is 15.7. The molecule has 0 bridgehead atoms. The molecule has 27 heavy (non-hydrogen) atoms. The smallest absolute Gasteiger partial charge is 0.325 e. The first-order valence-corrected chi connectivity index (χ1v) is 8.48. The van der Waals surface area contributed by atoms with Crippen LogP contribution in [0.5, 0.6) is 11.5 Å². The number of hydrogen-bond acceptors (Lipinski definition) is 6.